The lowest BCUT2D eigenvalue weighted by Crippen LogP contribution is -2.47. The second-order valence-corrected chi connectivity index (χ2v) is 7.63. The summed E-state index contributed by atoms with van der Waals surface area (Å²) in [4.78, 5) is 26.0. The molecule has 5 heteroatoms. The van der Waals surface area contributed by atoms with Crippen LogP contribution < -0.4 is 0 Å². The minimum atomic E-state index is -0.680. The van der Waals surface area contributed by atoms with Crippen LogP contribution in [0.2, 0.25) is 0 Å². The monoisotopic (exact) mass is 330 g/mol. The van der Waals surface area contributed by atoms with E-state index >= 15 is 0 Å². The fraction of sp³-hybridized carbons (Fsp3) is 0.474. The van der Waals surface area contributed by atoms with Crippen LogP contribution in [0.3, 0.4) is 0 Å². The molecule has 0 radical (unpaired) electrons. The molecule has 3 atom stereocenters. The first-order chi connectivity index (χ1) is 11.1. The Kier molecular flexibility index (Phi) is 3.79. The summed E-state index contributed by atoms with van der Waals surface area (Å²) in [5.41, 5.74) is 0.352. The molecule has 0 bridgehead atoms. The fourth-order valence-electron chi connectivity index (χ4n) is 3.69. The van der Waals surface area contributed by atoms with E-state index in [-0.39, 0.29) is 34.2 Å². The molecule has 0 unspecified atom stereocenters. The van der Waals surface area contributed by atoms with Crippen LogP contribution in [-0.4, -0.2) is 33.5 Å². The zero-order valence-electron chi connectivity index (χ0n) is 14.3. The molecule has 1 aromatic rings. The van der Waals surface area contributed by atoms with Gasteiger partial charge in [-0.15, -0.1) is 0 Å². The molecule has 0 amide bonds. The van der Waals surface area contributed by atoms with Gasteiger partial charge < -0.3 is 14.9 Å². The Morgan fingerprint density at radius 2 is 1.58 bits per heavy atom. The van der Waals surface area contributed by atoms with Gasteiger partial charge in [0.2, 0.25) is 0 Å². The minimum absolute atomic E-state index is 0.0644. The highest BCUT2D eigenvalue weighted by Gasteiger charge is 2.49. The number of ketones is 2. The van der Waals surface area contributed by atoms with Gasteiger partial charge in [-0.25, -0.2) is 0 Å². The van der Waals surface area contributed by atoms with E-state index in [2.05, 4.69) is 0 Å². The number of aromatic hydroxyl groups is 2. The lowest BCUT2D eigenvalue weighted by molar-refractivity contribution is -0.0667. The van der Waals surface area contributed by atoms with Gasteiger partial charge in [-0.3, -0.25) is 9.59 Å². The first-order valence-corrected chi connectivity index (χ1v) is 8.08. The van der Waals surface area contributed by atoms with Crippen molar-refractivity contribution in [2.24, 2.45) is 11.8 Å². The SMILES string of the molecule is CC1=C[C@H](OC(C)(C)C)[C@@H]2C(=O)c3c(O)ccc(O)c3C(=O)[C@H]2C1. The maximum Gasteiger partial charge on any atom is 0.174 e. The van der Waals surface area contributed by atoms with Crippen molar-refractivity contribution >= 4 is 11.6 Å². The third-order valence-corrected chi connectivity index (χ3v) is 4.56. The third kappa shape index (κ3) is 2.63. The van der Waals surface area contributed by atoms with Crippen molar-refractivity contribution in [2.45, 2.75) is 45.8 Å². The van der Waals surface area contributed by atoms with Crippen LogP contribution in [0.15, 0.2) is 23.8 Å². The van der Waals surface area contributed by atoms with E-state index < -0.39 is 23.5 Å². The Morgan fingerprint density at radius 1 is 1.04 bits per heavy atom. The number of rotatable bonds is 1. The van der Waals surface area contributed by atoms with Crippen molar-refractivity contribution in [2.75, 3.05) is 0 Å². The smallest absolute Gasteiger partial charge is 0.174 e. The standard InChI is InChI=1S/C19H22O5/c1-9-7-10-14(13(8-9)24-19(2,3)4)18(23)16-12(21)6-5-11(20)15(16)17(10)22/h5-6,8,10,13-14,20-21H,7H2,1-4H3/t10-,13-,14+/m0/s1. The summed E-state index contributed by atoms with van der Waals surface area (Å²) < 4.78 is 6.03. The Bertz CT molecular complexity index is 754. The quantitative estimate of drug-likeness (QED) is 0.610. The van der Waals surface area contributed by atoms with Crippen molar-refractivity contribution in [1.82, 2.24) is 0 Å². The number of hydrogen-bond donors (Lipinski definition) is 2. The molecule has 0 aromatic heterocycles. The molecule has 2 aliphatic carbocycles. The van der Waals surface area contributed by atoms with E-state index in [0.717, 1.165) is 5.57 Å². The first kappa shape index (κ1) is 16.7. The first-order valence-electron chi connectivity index (χ1n) is 8.08. The third-order valence-electron chi connectivity index (χ3n) is 4.56. The van der Waals surface area contributed by atoms with Crippen LogP contribution in [0.1, 0.15) is 54.8 Å². The molecule has 0 aliphatic heterocycles. The molecule has 2 aliphatic rings. The van der Waals surface area contributed by atoms with Crippen LogP contribution >= 0.6 is 0 Å². The van der Waals surface area contributed by atoms with Gasteiger partial charge in [-0.05, 0) is 46.2 Å². The predicted molar refractivity (Wildman–Crippen MR) is 88.4 cm³/mol. The highest BCUT2D eigenvalue weighted by molar-refractivity contribution is 6.19. The summed E-state index contributed by atoms with van der Waals surface area (Å²) in [6.45, 7) is 7.59. The molecule has 0 saturated carbocycles. The van der Waals surface area contributed by atoms with Gasteiger partial charge in [-0.1, -0.05) is 11.6 Å². The number of benzene rings is 1. The van der Waals surface area contributed by atoms with Gasteiger partial charge in [0.05, 0.1) is 28.7 Å². The van der Waals surface area contributed by atoms with Crippen LogP contribution in [0, 0.1) is 11.8 Å². The van der Waals surface area contributed by atoms with E-state index in [0.29, 0.717) is 6.42 Å². The molecular formula is C19H22O5. The topological polar surface area (TPSA) is 83.8 Å². The normalized spacial score (nSPS) is 26.7. The molecular weight excluding hydrogens is 308 g/mol. The van der Waals surface area contributed by atoms with E-state index in [4.69, 9.17) is 4.74 Å². The number of carbonyl (C=O) groups excluding carboxylic acids is 2. The summed E-state index contributed by atoms with van der Waals surface area (Å²) in [5, 5.41) is 20.1. The van der Waals surface area contributed by atoms with Crippen molar-refractivity contribution < 1.29 is 24.5 Å². The number of carbonyl (C=O) groups is 2. The number of fused-ring (bicyclic) bond motifs is 2. The number of ether oxygens (including phenoxy) is 1. The molecule has 128 valence electrons. The molecule has 2 N–H and O–H groups in total. The van der Waals surface area contributed by atoms with Gasteiger partial charge >= 0.3 is 0 Å². The van der Waals surface area contributed by atoms with Crippen molar-refractivity contribution in [3.63, 3.8) is 0 Å². The van der Waals surface area contributed by atoms with Crippen LogP contribution in [0.25, 0.3) is 0 Å². The number of hydrogen-bond acceptors (Lipinski definition) is 5. The molecule has 0 fully saturated rings. The zero-order chi connectivity index (χ0) is 17.8. The molecule has 0 saturated heterocycles. The van der Waals surface area contributed by atoms with Crippen LogP contribution in [-0.2, 0) is 4.74 Å². The van der Waals surface area contributed by atoms with Crippen molar-refractivity contribution in [1.29, 1.82) is 0 Å². The Morgan fingerprint density at radius 3 is 2.12 bits per heavy atom. The highest BCUT2D eigenvalue weighted by atomic mass is 16.5. The van der Waals surface area contributed by atoms with E-state index in [1.807, 2.05) is 33.8 Å². The number of phenolic OH excluding ortho intramolecular Hbond substituents is 2. The minimum Gasteiger partial charge on any atom is -0.507 e. The molecule has 0 heterocycles. The van der Waals surface area contributed by atoms with Gasteiger partial charge in [0, 0.05) is 5.92 Å². The van der Waals surface area contributed by atoms with E-state index in [9.17, 15) is 19.8 Å². The average Bonchev–Trinajstić information content (AvgIpc) is 2.44. The molecule has 5 nitrogen and oxygen atoms in total. The molecule has 1 aromatic carbocycles. The maximum atomic E-state index is 13.0. The summed E-state index contributed by atoms with van der Waals surface area (Å²) in [5.74, 6) is -2.45. The number of phenols is 2. The lowest BCUT2D eigenvalue weighted by Gasteiger charge is -2.40. The maximum absolute atomic E-state index is 13.0. The molecule has 0 spiro atoms. The predicted octanol–water partition coefficient (Wildman–Crippen LogP) is 3.24. The summed E-state index contributed by atoms with van der Waals surface area (Å²) in [6.07, 6.45) is 1.81. The fourth-order valence-corrected chi connectivity index (χ4v) is 3.69. The van der Waals surface area contributed by atoms with Crippen molar-refractivity contribution in [3.05, 3.63) is 34.9 Å². The number of Topliss-reactive ketones (excluding diaryl/α,β-unsaturated/α-hetero) is 2. The van der Waals surface area contributed by atoms with Gasteiger partial charge in [0.25, 0.3) is 0 Å². The zero-order valence-corrected chi connectivity index (χ0v) is 14.3. The van der Waals surface area contributed by atoms with E-state index in [1.54, 1.807) is 0 Å². The second-order valence-electron chi connectivity index (χ2n) is 7.63. The Balaban J connectivity index is 2.14. The second kappa shape index (κ2) is 5.45. The highest BCUT2D eigenvalue weighted by Crippen LogP contribution is 2.45. The van der Waals surface area contributed by atoms with Crippen LogP contribution in [0.5, 0.6) is 11.5 Å². The number of allylic oxidation sites excluding steroid dienone is 1. The Hall–Kier alpha value is -2.14. The summed E-state index contributed by atoms with van der Waals surface area (Å²) >= 11 is 0. The van der Waals surface area contributed by atoms with E-state index in [1.165, 1.54) is 12.1 Å². The van der Waals surface area contributed by atoms with Gasteiger partial charge in [-0.2, -0.15) is 0 Å². The largest absolute Gasteiger partial charge is 0.507 e. The van der Waals surface area contributed by atoms with Gasteiger partial charge in [0.1, 0.15) is 11.5 Å². The van der Waals surface area contributed by atoms with Crippen molar-refractivity contribution in [3.8, 4) is 11.5 Å². The molecule has 24 heavy (non-hydrogen) atoms. The average molecular weight is 330 g/mol. The lowest BCUT2D eigenvalue weighted by atomic mass is 9.66. The van der Waals surface area contributed by atoms with Crippen LogP contribution in [0.4, 0.5) is 0 Å². The summed E-state index contributed by atoms with van der Waals surface area (Å²) in [7, 11) is 0. The summed E-state index contributed by atoms with van der Waals surface area (Å²) in [6, 6.07) is 2.48. The van der Waals surface area contributed by atoms with Gasteiger partial charge in [0.15, 0.2) is 11.6 Å². The molecule has 3 rings (SSSR count). The Labute approximate surface area is 140 Å².